The zero-order valence-electron chi connectivity index (χ0n) is 15.1. The number of aromatic amines is 1. The number of amides is 1. The molecule has 1 N–H and O–H groups in total. The number of benzene rings is 2. The molecule has 1 heterocycles. The van der Waals surface area contributed by atoms with E-state index >= 15 is 0 Å². The van der Waals surface area contributed by atoms with Gasteiger partial charge in [0.2, 0.25) is 0 Å². The van der Waals surface area contributed by atoms with Gasteiger partial charge < -0.3 is 9.88 Å². The van der Waals surface area contributed by atoms with Gasteiger partial charge in [-0.25, -0.2) is 4.98 Å². The summed E-state index contributed by atoms with van der Waals surface area (Å²) in [4.78, 5) is 22.1. The fourth-order valence-corrected chi connectivity index (χ4v) is 3.20. The SMILES string of the molecule is CC(C)N(C)C(=O)c1nc(-c2ccc(Cl)cc2Cl)c(-c2ccc(Cl)cc2)[nH]1. The van der Waals surface area contributed by atoms with Crippen LogP contribution < -0.4 is 0 Å². The number of nitrogens with zero attached hydrogens (tertiary/aromatic N) is 2. The molecule has 0 radical (unpaired) electrons. The van der Waals surface area contributed by atoms with E-state index in [0.29, 0.717) is 32.0 Å². The van der Waals surface area contributed by atoms with Crippen molar-refractivity contribution in [1.29, 1.82) is 0 Å². The maximum absolute atomic E-state index is 12.8. The molecule has 27 heavy (non-hydrogen) atoms. The smallest absolute Gasteiger partial charge is 0.289 e. The van der Waals surface area contributed by atoms with Crippen LogP contribution in [0.2, 0.25) is 15.1 Å². The van der Waals surface area contributed by atoms with Gasteiger partial charge in [0, 0.05) is 34.3 Å². The topological polar surface area (TPSA) is 49.0 Å². The summed E-state index contributed by atoms with van der Waals surface area (Å²) >= 11 is 18.4. The fraction of sp³-hybridized carbons (Fsp3) is 0.200. The third-order valence-electron chi connectivity index (χ3n) is 4.32. The molecule has 3 rings (SSSR count). The van der Waals surface area contributed by atoms with Crippen molar-refractivity contribution in [2.24, 2.45) is 0 Å². The minimum atomic E-state index is -0.198. The number of H-pyrrole nitrogens is 1. The van der Waals surface area contributed by atoms with E-state index in [0.717, 1.165) is 5.56 Å². The van der Waals surface area contributed by atoms with Crippen molar-refractivity contribution in [2.45, 2.75) is 19.9 Å². The summed E-state index contributed by atoms with van der Waals surface area (Å²) in [6.45, 7) is 3.88. The summed E-state index contributed by atoms with van der Waals surface area (Å²) in [6.07, 6.45) is 0. The normalized spacial score (nSPS) is 11.1. The van der Waals surface area contributed by atoms with Gasteiger partial charge in [-0.2, -0.15) is 0 Å². The molecule has 1 amide bonds. The number of hydrogen-bond donors (Lipinski definition) is 1. The van der Waals surface area contributed by atoms with Gasteiger partial charge in [0.1, 0.15) is 0 Å². The van der Waals surface area contributed by atoms with Crippen LogP contribution in [0.3, 0.4) is 0 Å². The lowest BCUT2D eigenvalue weighted by Crippen LogP contribution is -2.33. The quantitative estimate of drug-likeness (QED) is 0.545. The number of aromatic nitrogens is 2. The zero-order valence-corrected chi connectivity index (χ0v) is 17.3. The molecule has 0 aliphatic heterocycles. The van der Waals surface area contributed by atoms with Crippen molar-refractivity contribution in [2.75, 3.05) is 7.05 Å². The van der Waals surface area contributed by atoms with Gasteiger partial charge in [-0.1, -0.05) is 46.9 Å². The molecule has 0 saturated carbocycles. The number of carbonyl (C=O) groups excluding carboxylic acids is 1. The van der Waals surface area contributed by atoms with Crippen LogP contribution in [0.25, 0.3) is 22.5 Å². The van der Waals surface area contributed by atoms with Crippen molar-refractivity contribution >= 4 is 40.7 Å². The fourth-order valence-electron chi connectivity index (χ4n) is 2.58. The Morgan fingerprint density at radius 3 is 2.26 bits per heavy atom. The summed E-state index contributed by atoms with van der Waals surface area (Å²) in [5.41, 5.74) is 2.81. The van der Waals surface area contributed by atoms with Gasteiger partial charge in [-0.3, -0.25) is 4.79 Å². The first-order valence-electron chi connectivity index (χ1n) is 8.36. The number of nitrogens with one attached hydrogen (secondary N) is 1. The molecule has 0 fully saturated rings. The summed E-state index contributed by atoms with van der Waals surface area (Å²) < 4.78 is 0. The highest BCUT2D eigenvalue weighted by Crippen LogP contribution is 2.36. The van der Waals surface area contributed by atoms with Crippen LogP contribution in [0.1, 0.15) is 24.5 Å². The monoisotopic (exact) mass is 421 g/mol. The van der Waals surface area contributed by atoms with Gasteiger partial charge in [0.05, 0.1) is 16.4 Å². The Morgan fingerprint density at radius 1 is 1.04 bits per heavy atom. The van der Waals surface area contributed by atoms with Crippen LogP contribution in [0, 0.1) is 0 Å². The van der Waals surface area contributed by atoms with E-state index in [2.05, 4.69) is 9.97 Å². The minimum absolute atomic E-state index is 0.0455. The van der Waals surface area contributed by atoms with Gasteiger partial charge in [-0.05, 0) is 44.2 Å². The molecule has 7 heteroatoms. The number of rotatable bonds is 4. The van der Waals surface area contributed by atoms with Gasteiger partial charge in [0.25, 0.3) is 5.91 Å². The third-order valence-corrected chi connectivity index (χ3v) is 5.12. The standard InChI is InChI=1S/C20H18Cl3N3O/c1-11(2)26(3)20(27)19-24-17(12-4-6-13(21)7-5-12)18(25-19)15-9-8-14(22)10-16(15)23/h4-11H,1-3H3,(H,24,25). The van der Waals surface area contributed by atoms with E-state index in [1.54, 1.807) is 42.3 Å². The number of imidazole rings is 1. The highest BCUT2D eigenvalue weighted by molar-refractivity contribution is 6.36. The van der Waals surface area contributed by atoms with E-state index in [9.17, 15) is 4.79 Å². The second-order valence-corrected chi connectivity index (χ2v) is 7.73. The van der Waals surface area contributed by atoms with Crippen LogP contribution in [0.5, 0.6) is 0 Å². The Hall–Kier alpha value is -2.01. The Kier molecular flexibility index (Phi) is 5.80. The lowest BCUT2D eigenvalue weighted by molar-refractivity contribution is 0.0744. The Morgan fingerprint density at radius 2 is 1.67 bits per heavy atom. The summed E-state index contributed by atoms with van der Waals surface area (Å²) in [5, 5.41) is 1.61. The largest absolute Gasteiger partial charge is 0.337 e. The lowest BCUT2D eigenvalue weighted by Gasteiger charge is -2.19. The second kappa shape index (κ2) is 7.93. The predicted molar refractivity (Wildman–Crippen MR) is 112 cm³/mol. The molecular weight excluding hydrogens is 405 g/mol. The van der Waals surface area contributed by atoms with Crippen molar-refractivity contribution in [3.8, 4) is 22.5 Å². The maximum atomic E-state index is 12.8. The van der Waals surface area contributed by atoms with Crippen LogP contribution in [0.15, 0.2) is 42.5 Å². The lowest BCUT2D eigenvalue weighted by atomic mass is 10.1. The van der Waals surface area contributed by atoms with Crippen LogP contribution in [-0.4, -0.2) is 33.9 Å². The Balaban J connectivity index is 2.18. The van der Waals surface area contributed by atoms with E-state index in [4.69, 9.17) is 34.8 Å². The van der Waals surface area contributed by atoms with Gasteiger partial charge in [-0.15, -0.1) is 0 Å². The molecule has 0 aliphatic carbocycles. The van der Waals surface area contributed by atoms with Gasteiger partial charge in [0.15, 0.2) is 5.82 Å². The summed E-state index contributed by atoms with van der Waals surface area (Å²) in [6, 6.07) is 12.5. The predicted octanol–water partition coefficient (Wildman–Crippen LogP) is 6.18. The van der Waals surface area contributed by atoms with Crippen molar-refractivity contribution in [1.82, 2.24) is 14.9 Å². The van der Waals surface area contributed by atoms with Gasteiger partial charge >= 0.3 is 0 Å². The average Bonchev–Trinajstić information content (AvgIpc) is 3.06. The molecule has 3 aromatic rings. The minimum Gasteiger partial charge on any atom is -0.337 e. The first kappa shape index (κ1) is 19.7. The summed E-state index contributed by atoms with van der Waals surface area (Å²) in [7, 11) is 1.74. The van der Waals surface area contributed by atoms with Crippen LogP contribution in [-0.2, 0) is 0 Å². The number of hydrogen-bond acceptors (Lipinski definition) is 2. The number of carbonyl (C=O) groups is 1. The van der Waals surface area contributed by atoms with Crippen molar-refractivity contribution in [3.63, 3.8) is 0 Å². The molecule has 0 unspecified atom stereocenters. The van der Waals surface area contributed by atoms with Crippen molar-refractivity contribution in [3.05, 3.63) is 63.4 Å². The molecule has 0 bridgehead atoms. The number of halogens is 3. The van der Waals surface area contributed by atoms with Crippen LogP contribution in [0.4, 0.5) is 0 Å². The second-order valence-electron chi connectivity index (χ2n) is 6.45. The highest BCUT2D eigenvalue weighted by Gasteiger charge is 2.23. The first-order chi connectivity index (χ1) is 12.8. The molecule has 0 saturated heterocycles. The molecular formula is C20H18Cl3N3O. The van der Waals surface area contributed by atoms with E-state index in [-0.39, 0.29) is 17.8 Å². The molecule has 0 spiro atoms. The zero-order chi connectivity index (χ0) is 19.7. The molecule has 0 atom stereocenters. The van der Waals surface area contributed by atoms with Crippen LogP contribution >= 0.6 is 34.8 Å². The molecule has 1 aromatic heterocycles. The molecule has 0 aliphatic rings. The Labute approximate surface area is 173 Å². The van der Waals surface area contributed by atoms with E-state index in [1.807, 2.05) is 26.0 Å². The van der Waals surface area contributed by atoms with E-state index < -0.39 is 0 Å². The van der Waals surface area contributed by atoms with E-state index in [1.165, 1.54) is 0 Å². The molecule has 140 valence electrons. The highest BCUT2D eigenvalue weighted by atomic mass is 35.5. The maximum Gasteiger partial charge on any atom is 0.289 e. The molecule has 4 nitrogen and oxygen atoms in total. The first-order valence-corrected chi connectivity index (χ1v) is 9.50. The third kappa shape index (κ3) is 4.13. The molecule has 2 aromatic carbocycles. The van der Waals surface area contributed by atoms with Crippen molar-refractivity contribution < 1.29 is 4.79 Å². The average molecular weight is 423 g/mol. The Bertz CT molecular complexity index is 981. The summed E-state index contributed by atoms with van der Waals surface area (Å²) in [5.74, 6) is 0.0497.